The van der Waals surface area contributed by atoms with Gasteiger partial charge in [0.15, 0.2) is 0 Å². The monoisotopic (exact) mass is 345 g/mol. The number of hydrogen-bond acceptors (Lipinski definition) is 7. The number of nitrogens with two attached hydrogens (primary N) is 1. The van der Waals surface area contributed by atoms with Crippen LogP contribution in [0.15, 0.2) is 28.8 Å². The molecule has 2 aromatic heterocycles. The van der Waals surface area contributed by atoms with E-state index in [1.807, 2.05) is 24.4 Å². The number of anilines is 2. The van der Waals surface area contributed by atoms with Gasteiger partial charge < -0.3 is 15.8 Å². The van der Waals surface area contributed by atoms with Gasteiger partial charge in [-0.1, -0.05) is 6.07 Å². The van der Waals surface area contributed by atoms with Crippen LogP contribution >= 0.6 is 22.7 Å². The molecule has 0 radical (unpaired) electrons. The van der Waals surface area contributed by atoms with Crippen molar-refractivity contribution in [2.75, 3.05) is 17.7 Å². The Morgan fingerprint density at radius 3 is 2.96 bits per heavy atom. The van der Waals surface area contributed by atoms with Gasteiger partial charge in [-0.3, -0.25) is 0 Å². The molecule has 3 rings (SSSR count). The Balaban J connectivity index is 2.22. The van der Waals surface area contributed by atoms with Crippen LogP contribution in [0.3, 0.4) is 0 Å². The number of allylic oxidation sites excluding steroid dienone is 1. The normalized spacial score (nSPS) is 16.5. The SMILES string of the molecule is CCOC(=O)C1=C(C)Nc2sc(C#N)c(N)c2[C@@H]1c1cccs1. The average Bonchev–Trinajstić information content (AvgIpc) is 3.14. The highest BCUT2D eigenvalue weighted by Gasteiger charge is 2.37. The van der Waals surface area contributed by atoms with Crippen LogP contribution < -0.4 is 11.1 Å². The fraction of sp³-hybridized carbons (Fsp3) is 0.250. The van der Waals surface area contributed by atoms with E-state index < -0.39 is 0 Å². The molecule has 1 atom stereocenters. The van der Waals surface area contributed by atoms with E-state index in [2.05, 4.69) is 11.4 Å². The van der Waals surface area contributed by atoms with E-state index in [0.717, 1.165) is 21.1 Å². The molecule has 0 bridgehead atoms. The van der Waals surface area contributed by atoms with Gasteiger partial charge in [-0.25, -0.2) is 4.79 Å². The van der Waals surface area contributed by atoms with Crippen molar-refractivity contribution in [2.24, 2.45) is 0 Å². The van der Waals surface area contributed by atoms with E-state index in [0.29, 0.717) is 22.7 Å². The minimum atomic E-state index is -0.356. The summed E-state index contributed by atoms with van der Waals surface area (Å²) >= 11 is 2.87. The van der Waals surface area contributed by atoms with Crippen LogP contribution in [-0.4, -0.2) is 12.6 Å². The number of nitrogens with one attached hydrogen (secondary N) is 1. The van der Waals surface area contributed by atoms with Crippen molar-refractivity contribution in [3.05, 3.63) is 44.1 Å². The van der Waals surface area contributed by atoms with Gasteiger partial charge >= 0.3 is 5.97 Å². The Morgan fingerprint density at radius 2 is 2.35 bits per heavy atom. The lowest BCUT2D eigenvalue weighted by Gasteiger charge is -2.27. The first kappa shape index (κ1) is 15.6. The highest BCUT2D eigenvalue weighted by Crippen LogP contribution is 2.50. The van der Waals surface area contributed by atoms with E-state index in [-0.39, 0.29) is 11.9 Å². The van der Waals surface area contributed by atoms with Crippen LogP contribution in [0, 0.1) is 11.3 Å². The first-order valence-electron chi connectivity index (χ1n) is 7.09. The number of esters is 1. The van der Waals surface area contributed by atoms with Crippen LogP contribution in [-0.2, 0) is 9.53 Å². The highest BCUT2D eigenvalue weighted by molar-refractivity contribution is 7.17. The standard InChI is InChI=1S/C16H15N3O2S2/c1-3-21-16(20)11-8(2)19-15-13(14(18)10(7-17)23-15)12(11)9-5-4-6-22-9/h4-6,12,19H,3,18H2,1-2H3/t12-/m1/s1. The number of fused-ring (bicyclic) bond motifs is 1. The Kier molecular flexibility index (Phi) is 4.11. The fourth-order valence-corrected chi connectivity index (χ4v) is 4.59. The number of carbonyl (C=O) groups is 1. The zero-order valence-electron chi connectivity index (χ0n) is 12.7. The number of nitrogen functional groups attached to an aromatic ring is 1. The van der Waals surface area contributed by atoms with Crippen molar-refractivity contribution in [2.45, 2.75) is 19.8 Å². The van der Waals surface area contributed by atoms with Gasteiger partial charge in [0.25, 0.3) is 0 Å². The molecule has 2 aromatic rings. The molecule has 0 saturated heterocycles. The third-order valence-corrected chi connectivity index (χ3v) is 5.67. The second-order valence-electron chi connectivity index (χ2n) is 5.03. The lowest BCUT2D eigenvalue weighted by atomic mass is 9.86. The summed E-state index contributed by atoms with van der Waals surface area (Å²) in [6, 6.07) is 6.03. The molecule has 0 amide bonds. The molecular weight excluding hydrogens is 330 g/mol. The Morgan fingerprint density at radius 1 is 1.57 bits per heavy atom. The molecule has 0 unspecified atom stereocenters. The molecule has 0 aliphatic carbocycles. The van der Waals surface area contributed by atoms with E-state index in [4.69, 9.17) is 10.5 Å². The molecule has 23 heavy (non-hydrogen) atoms. The molecule has 7 heteroatoms. The third-order valence-electron chi connectivity index (χ3n) is 3.69. The van der Waals surface area contributed by atoms with E-state index >= 15 is 0 Å². The Bertz CT molecular complexity index is 828. The minimum Gasteiger partial charge on any atom is -0.463 e. The van der Waals surface area contributed by atoms with Crippen LogP contribution in [0.25, 0.3) is 0 Å². The summed E-state index contributed by atoms with van der Waals surface area (Å²) in [5.41, 5.74) is 8.71. The Hall–Kier alpha value is -2.30. The van der Waals surface area contributed by atoms with Crippen LogP contribution in [0.2, 0.25) is 0 Å². The van der Waals surface area contributed by atoms with Crippen LogP contribution in [0.1, 0.15) is 35.1 Å². The quantitative estimate of drug-likeness (QED) is 0.829. The van der Waals surface area contributed by atoms with Crippen molar-refractivity contribution < 1.29 is 9.53 Å². The lowest BCUT2D eigenvalue weighted by molar-refractivity contribution is -0.138. The van der Waals surface area contributed by atoms with Gasteiger partial charge in [0.1, 0.15) is 15.9 Å². The third kappa shape index (κ3) is 2.50. The topological polar surface area (TPSA) is 88.1 Å². The summed E-state index contributed by atoms with van der Waals surface area (Å²) in [6.45, 7) is 3.93. The molecular formula is C16H15N3O2S2. The molecule has 118 valence electrons. The molecule has 1 aliphatic heterocycles. The van der Waals surface area contributed by atoms with Crippen molar-refractivity contribution in [1.29, 1.82) is 5.26 Å². The van der Waals surface area contributed by atoms with Gasteiger partial charge in [0.05, 0.1) is 23.8 Å². The van der Waals surface area contributed by atoms with Gasteiger partial charge in [0, 0.05) is 16.1 Å². The predicted molar refractivity (Wildman–Crippen MR) is 92.6 cm³/mol. The zero-order valence-corrected chi connectivity index (χ0v) is 14.3. The number of hydrogen-bond donors (Lipinski definition) is 2. The number of nitrogens with zero attached hydrogens (tertiary/aromatic N) is 1. The van der Waals surface area contributed by atoms with E-state index in [9.17, 15) is 10.1 Å². The molecule has 0 fully saturated rings. The van der Waals surface area contributed by atoms with Crippen molar-refractivity contribution in [3.63, 3.8) is 0 Å². The summed E-state index contributed by atoms with van der Waals surface area (Å²) in [5.74, 6) is -0.658. The minimum absolute atomic E-state index is 0.302. The number of rotatable bonds is 3. The lowest BCUT2D eigenvalue weighted by Crippen LogP contribution is -2.23. The van der Waals surface area contributed by atoms with Crippen molar-refractivity contribution >= 4 is 39.3 Å². The highest BCUT2D eigenvalue weighted by atomic mass is 32.1. The summed E-state index contributed by atoms with van der Waals surface area (Å²) in [5, 5.41) is 15.3. The predicted octanol–water partition coefficient (Wildman–Crippen LogP) is 3.66. The maximum Gasteiger partial charge on any atom is 0.336 e. The zero-order chi connectivity index (χ0) is 16.6. The molecule has 0 spiro atoms. The Labute approximate surface area is 142 Å². The molecule has 1 aliphatic rings. The fourth-order valence-electron chi connectivity index (χ4n) is 2.74. The number of thiophene rings is 2. The maximum atomic E-state index is 12.5. The van der Waals surface area contributed by atoms with E-state index in [1.54, 1.807) is 18.3 Å². The van der Waals surface area contributed by atoms with Gasteiger partial charge in [0.2, 0.25) is 0 Å². The smallest absolute Gasteiger partial charge is 0.336 e. The summed E-state index contributed by atoms with van der Waals surface area (Å²) in [6.07, 6.45) is 0. The first-order chi connectivity index (χ1) is 11.1. The van der Waals surface area contributed by atoms with E-state index in [1.165, 1.54) is 11.3 Å². The summed E-state index contributed by atoms with van der Waals surface area (Å²) in [7, 11) is 0. The van der Waals surface area contributed by atoms with Crippen LogP contribution in [0.4, 0.5) is 10.7 Å². The number of carbonyl (C=O) groups excluding carboxylic acids is 1. The molecule has 3 heterocycles. The van der Waals surface area contributed by atoms with Crippen molar-refractivity contribution in [1.82, 2.24) is 0 Å². The van der Waals surface area contributed by atoms with Gasteiger partial charge in [-0.15, -0.1) is 22.7 Å². The van der Waals surface area contributed by atoms with Crippen molar-refractivity contribution in [3.8, 4) is 6.07 Å². The first-order valence-corrected chi connectivity index (χ1v) is 8.78. The van der Waals surface area contributed by atoms with Gasteiger partial charge in [-0.2, -0.15) is 5.26 Å². The summed E-state index contributed by atoms with van der Waals surface area (Å²) in [4.78, 5) is 14.0. The average molecular weight is 345 g/mol. The maximum absolute atomic E-state index is 12.5. The number of ether oxygens (including phenoxy) is 1. The molecule has 5 nitrogen and oxygen atoms in total. The second kappa shape index (κ2) is 6.07. The molecule has 0 aromatic carbocycles. The number of nitriles is 1. The second-order valence-corrected chi connectivity index (χ2v) is 7.03. The van der Waals surface area contributed by atoms with Gasteiger partial charge in [-0.05, 0) is 25.3 Å². The summed E-state index contributed by atoms with van der Waals surface area (Å²) < 4.78 is 5.23. The van der Waals surface area contributed by atoms with Crippen LogP contribution in [0.5, 0.6) is 0 Å². The molecule has 0 saturated carbocycles. The largest absolute Gasteiger partial charge is 0.463 e. The molecule has 3 N–H and O–H groups in total.